The van der Waals surface area contributed by atoms with Crippen molar-refractivity contribution in [2.45, 2.75) is 77.1 Å². The molecule has 3 aromatic rings. The number of ketones is 1. The molecule has 2 aliphatic heterocycles. The number of carboxylic acid groups (broad SMARTS) is 1. The number of fused-ring (bicyclic) bond motifs is 2. The van der Waals surface area contributed by atoms with E-state index < -0.39 is 23.3 Å². The first kappa shape index (κ1) is 31.2. The summed E-state index contributed by atoms with van der Waals surface area (Å²) < 4.78 is 13.4. The van der Waals surface area contributed by atoms with E-state index in [1.807, 2.05) is 49.5 Å². The number of likely N-dealkylation sites (tertiary alicyclic amines) is 1. The Morgan fingerprint density at radius 3 is 2.57 bits per heavy atom. The van der Waals surface area contributed by atoms with Gasteiger partial charge in [0.2, 0.25) is 0 Å². The number of esters is 1. The van der Waals surface area contributed by atoms with Gasteiger partial charge in [-0.1, -0.05) is 42.5 Å². The smallest absolute Gasteiger partial charge is 0.407 e. The molecule has 0 bridgehead atoms. The molecule has 2 aromatic carbocycles. The van der Waals surface area contributed by atoms with Gasteiger partial charge in [0.05, 0.1) is 6.61 Å². The molecule has 1 N–H and O–H groups in total. The number of carbonyl (C=O) groups is 3. The minimum absolute atomic E-state index is 0.124. The summed E-state index contributed by atoms with van der Waals surface area (Å²) in [7, 11) is 1.72. The van der Waals surface area contributed by atoms with Crippen LogP contribution in [-0.2, 0) is 44.7 Å². The van der Waals surface area contributed by atoms with Crippen LogP contribution in [0.25, 0.3) is 11.1 Å². The quantitative estimate of drug-likeness (QED) is 0.282. The number of carbonyl (C=O) groups excluding carboxylic acids is 2. The number of benzene rings is 2. The molecule has 1 aromatic heterocycles. The van der Waals surface area contributed by atoms with Crippen molar-refractivity contribution in [3.8, 4) is 11.1 Å². The van der Waals surface area contributed by atoms with E-state index in [1.54, 1.807) is 38.5 Å². The third-order valence-corrected chi connectivity index (χ3v) is 8.65. The van der Waals surface area contributed by atoms with Gasteiger partial charge in [0.25, 0.3) is 5.56 Å². The van der Waals surface area contributed by atoms with Gasteiger partial charge in [-0.05, 0) is 73.9 Å². The zero-order valence-electron chi connectivity index (χ0n) is 26.0. The van der Waals surface area contributed by atoms with Gasteiger partial charge in [0.1, 0.15) is 23.4 Å². The van der Waals surface area contributed by atoms with Gasteiger partial charge in [0, 0.05) is 50.3 Å². The van der Waals surface area contributed by atoms with Crippen LogP contribution >= 0.6 is 0 Å². The maximum absolute atomic E-state index is 12.7. The van der Waals surface area contributed by atoms with Gasteiger partial charge < -0.3 is 24.0 Å². The highest BCUT2D eigenvalue weighted by Crippen LogP contribution is 2.52. The molecule has 232 valence electrons. The van der Waals surface area contributed by atoms with Gasteiger partial charge in [0.15, 0.2) is 0 Å². The summed E-state index contributed by atoms with van der Waals surface area (Å²) in [6, 6.07) is 15.7. The second-order valence-corrected chi connectivity index (χ2v) is 12.9. The second kappa shape index (κ2) is 12.0. The van der Waals surface area contributed by atoms with Crippen LogP contribution in [0, 0.1) is 6.92 Å². The molecular weight excluding hydrogens is 560 g/mol. The van der Waals surface area contributed by atoms with Crippen LogP contribution in [-0.4, -0.2) is 51.1 Å². The molecule has 44 heavy (non-hydrogen) atoms. The van der Waals surface area contributed by atoms with Crippen molar-refractivity contribution in [3.05, 3.63) is 92.9 Å². The van der Waals surface area contributed by atoms with E-state index in [9.17, 15) is 24.3 Å². The number of piperidine rings is 1. The molecule has 0 unspecified atom stereocenters. The number of amides is 1. The number of pyridine rings is 1. The Bertz CT molecular complexity index is 1670. The predicted octanol–water partition coefficient (Wildman–Crippen LogP) is 5.49. The van der Waals surface area contributed by atoms with Gasteiger partial charge in [-0.2, -0.15) is 0 Å². The lowest BCUT2D eigenvalue weighted by Crippen LogP contribution is -2.50. The number of aromatic nitrogens is 1. The standard InChI is InChI=1S/C35H40N2O7/c1-22-16-24(28-9-7-6-8-23(28)10-12-26(38)17-32(40)44-34(2,3)4)11-13-27(22)30-20-37(33(41)42)15-14-35(30)29-18-31(39)36(5)19-25(29)21-43-35/h6-9,11,13,16,18-19,30H,10,12,14-15,17,20-21H2,1-5H3,(H,41,42)/t30-,35+/m1/s1. The SMILES string of the molecule is Cc1cc(-c2ccccc2CCC(=O)CC(=O)OC(C)(C)C)ccc1[C@H]1CN(C(=O)O)CC[C@@]12OCc1cn(C)c(=O)cc12. The first-order chi connectivity index (χ1) is 20.8. The van der Waals surface area contributed by atoms with E-state index in [1.165, 1.54) is 4.90 Å². The fourth-order valence-corrected chi connectivity index (χ4v) is 6.59. The van der Waals surface area contributed by atoms with Crippen LogP contribution < -0.4 is 5.56 Å². The Kier molecular flexibility index (Phi) is 8.53. The maximum Gasteiger partial charge on any atom is 0.407 e. The van der Waals surface area contributed by atoms with Crippen LogP contribution in [0.5, 0.6) is 0 Å². The average Bonchev–Trinajstić information content (AvgIpc) is 3.28. The Morgan fingerprint density at radius 2 is 1.86 bits per heavy atom. The summed E-state index contributed by atoms with van der Waals surface area (Å²) in [4.78, 5) is 50.9. The predicted molar refractivity (Wildman–Crippen MR) is 166 cm³/mol. The number of nitrogens with zero attached hydrogens (tertiary/aromatic N) is 2. The molecule has 1 spiro atoms. The van der Waals surface area contributed by atoms with E-state index in [-0.39, 0.29) is 36.6 Å². The van der Waals surface area contributed by atoms with Crippen LogP contribution in [0.4, 0.5) is 4.79 Å². The lowest BCUT2D eigenvalue weighted by molar-refractivity contribution is -0.156. The van der Waals surface area contributed by atoms with E-state index in [4.69, 9.17) is 9.47 Å². The highest BCUT2D eigenvalue weighted by molar-refractivity contribution is 5.95. The summed E-state index contributed by atoms with van der Waals surface area (Å²) in [5, 5.41) is 9.87. The molecule has 0 radical (unpaired) electrons. The van der Waals surface area contributed by atoms with Gasteiger partial charge in [-0.3, -0.25) is 14.4 Å². The van der Waals surface area contributed by atoms with Crippen molar-refractivity contribution >= 4 is 17.8 Å². The minimum atomic E-state index is -0.975. The average molecular weight is 601 g/mol. The fourth-order valence-electron chi connectivity index (χ4n) is 6.59. The molecule has 9 nitrogen and oxygen atoms in total. The Labute approximate surface area is 257 Å². The Hall–Kier alpha value is -4.24. The zero-order valence-corrected chi connectivity index (χ0v) is 26.0. The lowest BCUT2D eigenvalue weighted by Gasteiger charge is -2.45. The highest BCUT2D eigenvalue weighted by Gasteiger charge is 2.51. The highest BCUT2D eigenvalue weighted by atomic mass is 16.6. The normalized spacial score (nSPS) is 19.6. The summed E-state index contributed by atoms with van der Waals surface area (Å²) in [5.41, 5.74) is 5.15. The van der Waals surface area contributed by atoms with Crippen molar-refractivity contribution in [1.82, 2.24) is 9.47 Å². The third-order valence-electron chi connectivity index (χ3n) is 8.65. The van der Waals surface area contributed by atoms with Crippen LogP contribution in [0.1, 0.15) is 73.8 Å². The first-order valence-corrected chi connectivity index (χ1v) is 15.0. The molecule has 2 atom stereocenters. The molecule has 5 rings (SSSR count). The van der Waals surface area contributed by atoms with Crippen molar-refractivity contribution in [2.24, 2.45) is 7.05 Å². The maximum atomic E-state index is 12.7. The molecule has 1 fully saturated rings. The topological polar surface area (TPSA) is 115 Å². The molecule has 3 heterocycles. The van der Waals surface area contributed by atoms with Crippen LogP contribution in [0.15, 0.2) is 59.5 Å². The summed E-state index contributed by atoms with van der Waals surface area (Å²) in [6.07, 6.45) is 1.75. The van der Waals surface area contributed by atoms with Crippen LogP contribution in [0.2, 0.25) is 0 Å². The molecule has 1 saturated heterocycles. The number of rotatable bonds is 7. The number of aryl methyl sites for hydroxylation is 3. The minimum Gasteiger partial charge on any atom is -0.465 e. The number of hydrogen-bond donors (Lipinski definition) is 1. The molecule has 0 aliphatic carbocycles. The van der Waals surface area contributed by atoms with Crippen molar-refractivity contribution in [3.63, 3.8) is 0 Å². The molecule has 0 saturated carbocycles. The van der Waals surface area contributed by atoms with E-state index in [0.29, 0.717) is 26.0 Å². The number of ether oxygens (including phenoxy) is 2. The van der Waals surface area contributed by atoms with Gasteiger partial charge in [-0.25, -0.2) is 4.79 Å². The van der Waals surface area contributed by atoms with Gasteiger partial charge >= 0.3 is 12.1 Å². The second-order valence-electron chi connectivity index (χ2n) is 12.9. The third kappa shape index (κ3) is 6.33. The van der Waals surface area contributed by atoms with E-state index in [0.717, 1.165) is 38.9 Å². The lowest BCUT2D eigenvalue weighted by atomic mass is 9.71. The molecular formula is C35H40N2O7. The summed E-state index contributed by atoms with van der Waals surface area (Å²) in [5.74, 6) is -0.994. The Balaban J connectivity index is 1.43. The molecule has 9 heteroatoms. The monoisotopic (exact) mass is 600 g/mol. The largest absolute Gasteiger partial charge is 0.465 e. The summed E-state index contributed by atoms with van der Waals surface area (Å²) >= 11 is 0. The van der Waals surface area contributed by atoms with Gasteiger partial charge in [-0.15, -0.1) is 0 Å². The van der Waals surface area contributed by atoms with Crippen molar-refractivity contribution in [1.29, 1.82) is 0 Å². The van der Waals surface area contributed by atoms with E-state index >= 15 is 0 Å². The van der Waals surface area contributed by atoms with Crippen molar-refractivity contribution in [2.75, 3.05) is 13.1 Å². The van der Waals surface area contributed by atoms with Crippen LogP contribution in [0.3, 0.4) is 0 Å². The molecule has 2 aliphatic rings. The first-order valence-electron chi connectivity index (χ1n) is 15.0. The summed E-state index contributed by atoms with van der Waals surface area (Å²) in [6.45, 7) is 8.27. The van der Waals surface area contributed by atoms with Crippen molar-refractivity contribution < 1.29 is 29.0 Å². The number of hydrogen-bond acceptors (Lipinski definition) is 6. The van der Waals surface area contributed by atoms with E-state index in [2.05, 4.69) is 6.07 Å². The number of Topliss-reactive ketones (excluding diaryl/α,β-unsaturated/α-hetero) is 1. The fraction of sp³-hybridized carbons (Fsp3) is 0.429. The Morgan fingerprint density at radius 1 is 1.11 bits per heavy atom. The molecule has 1 amide bonds. The zero-order chi connectivity index (χ0) is 31.8.